The highest BCUT2D eigenvalue weighted by Gasteiger charge is 2.37. The maximum absolute atomic E-state index is 12.3. The lowest BCUT2D eigenvalue weighted by atomic mass is 9.80. The first-order chi connectivity index (χ1) is 11.4. The van der Waals surface area contributed by atoms with Crippen LogP contribution in [0, 0.1) is 0 Å². The van der Waals surface area contributed by atoms with Crippen LogP contribution in [0.5, 0.6) is 0 Å². The van der Waals surface area contributed by atoms with Crippen LogP contribution in [0.15, 0.2) is 51.7 Å². The monoisotopic (exact) mass is 347 g/mol. The van der Waals surface area contributed by atoms with Crippen LogP contribution in [0.1, 0.15) is 25.3 Å². The molecule has 2 rings (SSSR count). The van der Waals surface area contributed by atoms with Crippen molar-refractivity contribution in [1.82, 2.24) is 5.32 Å². The fourth-order valence-electron chi connectivity index (χ4n) is 2.88. The van der Waals surface area contributed by atoms with Crippen molar-refractivity contribution in [2.24, 2.45) is 0 Å². The first-order valence-electron chi connectivity index (χ1n) is 7.43. The first kappa shape index (κ1) is 18.1. The second kappa shape index (κ2) is 7.57. The van der Waals surface area contributed by atoms with E-state index in [9.17, 15) is 9.59 Å². The summed E-state index contributed by atoms with van der Waals surface area (Å²) in [5.74, 6) is -1.46. The number of ether oxygens (including phenoxy) is 2. The highest BCUT2D eigenvalue weighted by Crippen LogP contribution is 2.39. The molecule has 1 heterocycles. The minimum absolute atomic E-state index is 0.417. The molecule has 0 spiro atoms. The third-order valence-electron chi connectivity index (χ3n) is 4.02. The van der Waals surface area contributed by atoms with Crippen LogP contribution in [-0.2, 0) is 19.1 Å². The van der Waals surface area contributed by atoms with Crippen molar-refractivity contribution in [1.29, 1.82) is 0 Å². The Morgan fingerprint density at radius 1 is 0.958 bits per heavy atom. The summed E-state index contributed by atoms with van der Waals surface area (Å²) < 4.78 is 9.88. The van der Waals surface area contributed by atoms with Crippen molar-refractivity contribution >= 4 is 23.7 Å². The Morgan fingerprint density at radius 3 is 1.79 bits per heavy atom. The molecule has 1 aliphatic rings. The number of nitrogens with one attached hydrogen (secondary N) is 1. The third kappa shape index (κ3) is 3.33. The van der Waals surface area contributed by atoms with E-state index in [4.69, 9.17) is 9.47 Å². The van der Waals surface area contributed by atoms with Gasteiger partial charge in [0.15, 0.2) is 0 Å². The SMILES string of the molecule is COC(=O)C1=C(C)NC(C)=C(C(=O)OC)C1c1ccc(SC)cc1. The van der Waals surface area contributed by atoms with Crippen LogP contribution in [0.25, 0.3) is 0 Å². The Kier molecular flexibility index (Phi) is 5.72. The van der Waals surface area contributed by atoms with E-state index in [0.29, 0.717) is 22.5 Å². The molecule has 0 atom stereocenters. The van der Waals surface area contributed by atoms with Gasteiger partial charge in [-0.3, -0.25) is 0 Å². The van der Waals surface area contributed by atoms with Crippen molar-refractivity contribution in [3.05, 3.63) is 52.4 Å². The Labute approximate surface area is 146 Å². The summed E-state index contributed by atoms with van der Waals surface area (Å²) in [6.07, 6.45) is 1.99. The van der Waals surface area contributed by atoms with Gasteiger partial charge >= 0.3 is 11.9 Å². The molecule has 1 aromatic rings. The number of thioether (sulfide) groups is 1. The maximum atomic E-state index is 12.3. The number of benzene rings is 1. The Bertz CT molecular complexity index is 681. The standard InChI is InChI=1S/C18H21NO4S/c1-10-14(17(20)22-3)16(12-6-8-13(24-5)9-7-12)15(11(2)19-10)18(21)23-4/h6-9,16,19H,1-5H3. The van der Waals surface area contributed by atoms with Crippen LogP contribution in [0.3, 0.4) is 0 Å². The molecule has 0 unspecified atom stereocenters. The number of hydrogen-bond acceptors (Lipinski definition) is 6. The summed E-state index contributed by atoms with van der Waals surface area (Å²) in [6, 6.07) is 7.79. The summed E-state index contributed by atoms with van der Waals surface area (Å²) in [7, 11) is 2.67. The van der Waals surface area contributed by atoms with Gasteiger partial charge in [-0.05, 0) is 37.8 Å². The van der Waals surface area contributed by atoms with Gasteiger partial charge < -0.3 is 14.8 Å². The molecule has 0 aromatic heterocycles. The quantitative estimate of drug-likeness (QED) is 0.667. The highest BCUT2D eigenvalue weighted by atomic mass is 32.2. The predicted molar refractivity (Wildman–Crippen MR) is 93.5 cm³/mol. The number of carbonyl (C=O) groups excluding carboxylic acids is 2. The average Bonchev–Trinajstić information content (AvgIpc) is 2.60. The molecule has 0 radical (unpaired) electrons. The number of rotatable bonds is 4. The molecule has 0 fully saturated rings. The smallest absolute Gasteiger partial charge is 0.336 e. The van der Waals surface area contributed by atoms with Gasteiger partial charge in [0.2, 0.25) is 0 Å². The Hall–Kier alpha value is -2.21. The number of hydrogen-bond donors (Lipinski definition) is 1. The molecule has 0 saturated heterocycles. The van der Waals surface area contributed by atoms with Crippen molar-refractivity contribution in [3.8, 4) is 0 Å². The number of carbonyl (C=O) groups is 2. The Morgan fingerprint density at radius 2 is 1.42 bits per heavy atom. The molecule has 1 aliphatic heterocycles. The maximum Gasteiger partial charge on any atom is 0.336 e. The van der Waals surface area contributed by atoms with Crippen molar-refractivity contribution in [2.75, 3.05) is 20.5 Å². The summed E-state index contributed by atoms with van der Waals surface area (Å²) in [5.41, 5.74) is 3.02. The minimum atomic E-state index is -0.526. The summed E-state index contributed by atoms with van der Waals surface area (Å²) >= 11 is 1.63. The minimum Gasteiger partial charge on any atom is -0.466 e. The summed E-state index contributed by atoms with van der Waals surface area (Å²) in [6.45, 7) is 3.60. The van der Waals surface area contributed by atoms with Gasteiger partial charge in [0.05, 0.1) is 31.3 Å². The van der Waals surface area contributed by atoms with Crippen LogP contribution >= 0.6 is 11.8 Å². The zero-order chi connectivity index (χ0) is 17.9. The van der Waals surface area contributed by atoms with Crippen LogP contribution < -0.4 is 5.32 Å². The van der Waals surface area contributed by atoms with E-state index in [1.807, 2.05) is 30.5 Å². The van der Waals surface area contributed by atoms with E-state index in [2.05, 4.69) is 5.32 Å². The number of esters is 2. The largest absolute Gasteiger partial charge is 0.466 e. The first-order valence-corrected chi connectivity index (χ1v) is 8.66. The molecule has 5 nitrogen and oxygen atoms in total. The molecule has 1 N–H and O–H groups in total. The molecule has 128 valence electrons. The number of dihydropyridines is 1. The zero-order valence-corrected chi connectivity index (χ0v) is 15.2. The molecule has 1 aromatic carbocycles. The normalized spacial score (nSPS) is 15.2. The zero-order valence-electron chi connectivity index (χ0n) is 14.4. The van der Waals surface area contributed by atoms with Crippen molar-refractivity contribution < 1.29 is 19.1 Å². The lowest BCUT2D eigenvalue weighted by molar-refractivity contribution is -0.137. The number of methoxy groups -OCH3 is 2. The molecule has 24 heavy (non-hydrogen) atoms. The lowest BCUT2D eigenvalue weighted by Crippen LogP contribution is -2.32. The predicted octanol–water partition coefficient (Wildman–Crippen LogP) is 2.99. The van der Waals surface area contributed by atoms with E-state index in [1.54, 1.807) is 25.6 Å². The second-order valence-corrected chi connectivity index (χ2v) is 6.27. The van der Waals surface area contributed by atoms with Crippen LogP contribution in [0.4, 0.5) is 0 Å². The van der Waals surface area contributed by atoms with E-state index < -0.39 is 17.9 Å². The van der Waals surface area contributed by atoms with Crippen LogP contribution in [0.2, 0.25) is 0 Å². The topological polar surface area (TPSA) is 64.6 Å². The average molecular weight is 347 g/mol. The van der Waals surface area contributed by atoms with Crippen molar-refractivity contribution in [2.45, 2.75) is 24.7 Å². The van der Waals surface area contributed by atoms with E-state index in [1.165, 1.54) is 14.2 Å². The molecular weight excluding hydrogens is 326 g/mol. The van der Waals surface area contributed by atoms with Crippen LogP contribution in [-0.4, -0.2) is 32.4 Å². The second-order valence-electron chi connectivity index (χ2n) is 5.39. The lowest BCUT2D eigenvalue weighted by Gasteiger charge is -2.30. The summed E-state index contributed by atoms with van der Waals surface area (Å²) in [5, 5.41) is 3.09. The fourth-order valence-corrected chi connectivity index (χ4v) is 3.29. The number of allylic oxidation sites excluding steroid dienone is 2. The molecule has 0 amide bonds. The van der Waals surface area contributed by atoms with Gasteiger partial charge in [-0.25, -0.2) is 9.59 Å². The summed E-state index contributed by atoms with van der Waals surface area (Å²) in [4.78, 5) is 25.8. The third-order valence-corrected chi connectivity index (χ3v) is 4.76. The van der Waals surface area contributed by atoms with Crippen molar-refractivity contribution in [3.63, 3.8) is 0 Å². The molecule has 0 saturated carbocycles. The van der Waals surface area contributed by atoms with Gasteiger partial charge in [0.25, 0.3) is 0 Å². The molecule has 0 aliphatic carbocycles. The van der Waals surface area contributed by atoms with Gasteiger partial charge in [0.1, 0.15) is 0 Å². The molecular formula is C18H21NO4S. The fraction of sp³-hybridized carbons (Fsp3) is 0.333. The Balaban J connectivity index is 2.64. The highest BCUT2D eigenvalue weighted by molar-refractivity contribution is 7.98. The van der Waals surface area contributed by atoms with E-state index >= 15 is 0 Å². The van der Waals surface area contributed by atoms with E-state index in [-0.39, 0.29) is 0 Å². The van der Waals surface area contributed by atoms with Gasteiger partial charge in [0, 0.05) is 16.3 Å². The van der Waals surface area contributed by atoms with Gasteiger partial charge in [-0.15, -0.1) is 11.8 Å². The van der Waals surface area contributed by atoms with E-state index in [0.717, 1.165) is 10.5 Å². The molecule has 6 heteroatoms. The van der Waals surface area contributed by atoms with Gasteiger partial charge in [-0.2, -0.15) is 0 Å². The van der Waals surface area contributed by atoms with Gasteiger partial charge in [-0.1, -0.05) is 12.1 Å². The molecule has 0 bridgehead atoms.